The molecule has 0 aromatic heterocycles. The lowest BCUT2D eigenvalue weighted by Gasteiger charge is -2.31. The molecule has 0 heterocycles. The number of hydrogen-bond donors (Lipinski definition) is 0. The fourth-order valence-corrected chi connectivity index (χ4v) is 9.40. The first-order chi connectivity index (χ1) is 25.8. The molecule has 0 radical (unpaired) electrons. The molecule has 9 aromatic rings. The van der Waals surface area contributed by atoms with Gasteiger partial charge in [0.15, 0.2) is 0 Å². The highest BCUT2D eigenvalue weighted by atomic mass is 15.1. The quantitative estimate of drug-likeness (QED) is 0.170. The normalized spacial score (nSPS) is 13.2. The summed E-state index contributed by atoms with van der Waals surface area (Å²) < 4.78 is 0. The van der Waals surface area contributed by atoms with Crippen LogP contribution in [0.2, 0.25) is 0 Å². The number of anilines is 3. The van der Waals surface area contributed by atoms with Crippen LogP contribution in [0.4, 0.5) is 17.1 Å². The van der Waals surface area contributed by atoms with Gasteiger partial charge in [-0.05, 0) is 108 Å². The molecule has 52 heavy (non-hydrogen) atoms. The van der Waals surface area contributed by atoms with Crippen molar-refractivity contribution in [2.75, 3.05) is 4.90 Å². The molecule has 0 amide bonds. The van der Waals surface area contributed by atoms with E-state index in [1.807, 2.05) is 0 Å². The largest absolute Gasteiger partial charge is 0.310 e. The molecule has 1 spiro atoms. The summed E-state index contributed by atoms with van der Waals surface area (Å²) in [5, 5.41) is 5.10. The molecular weight excluding hydrogens is 627 g/mol. The van der Waals surface area contributed by atoms with Gasteiger partial charge in [0.25, 0.3) is 0 Å². The molecule has 0 N–H and O–H groups in total. The van der Waals surface area contributed by atoms with Gasteiger partial charge in [-0.2, -0.15) is 0 Å². The van der Waals surface area contributed by atoms with Gasteiger partial charge in [-0.1, -0.05) is 164 Å². The van der Waals surface area contributed by atoms with E-state index in [1.165, 1.54) is 82.9 Å². The van der Waals surface area contributed by atoms with Gasteiger partial charge in [0.05, 0.1) is 11.1 Å². The van der Waals surface area contributed by atoms with Gasteiger partial charge in [-0.25, -0.2) is 0 Å². The van der Waals surface area contributed by atoms with Gasteiger partial charge in [0.2, 0.25) is 0 Å². The summed E-state index contributed by atoms with van der Waals surface area (Å²) >= 11 is 0. The third-order valence-electron chi connectivity index (χ3n) is 11.5. The second-order valence-corrected chi connectivity index (χ2v) is 14.0. The van der Waals surface area contributed by atoms with Crippen LogP contribution in [-0.4, -0.2) is 0 Å². The summed E-state index contributed by atoms with van der Waals surface area (Å²) in [4.78, 5) is 2.45. The van der Waals surface area contributed by atoms with Crippen LogP contribution in [0.1, 0.15) is 22.3 Å². The van der Waals surface area contributed by atoms with Gasteiger partial charge in [-0.15, -0.1) is 0 Å². The van der Waals surface area contributed by atoms with Gasteiger partial charge in [-0.3, -0.25) is 0 Å². The van der Waals surface area contributed by atoms with Crippen molar-refractivity contribution in [2.45, 2.75) is 5.41 Å². The maximum atomic E-state index is 2.45. The Balaban J connectivity index is 1.14. The molecule has 2 aliphatic rings. The number of fused-ring (bicyclic) bond motifs is 13. The predicted octanol–water partition coefficient (Wildman–Crippen LogP) is 13.5. The minimum absolute atomic E-state index is 0.390. The average Bonchev–Trinajstić information content (AvgIpc) is 3.69. The first-order valence-electron chi connectivity index (χ1n) is 18.1. The molecule has 0 saturated carbocycles. The van der Waals surface area contributed by atoms with Crippen molar-refractivity contribution in [1.29, 1.82) is 0 Å². The molecule has 242 valence electrons. The Hall–Kier alpha value is -6.70. The van der Waals surface area contributed by atoms with E-state index >= 15 is 0 Å². The minimum Gasteiger partial charge on any atom is -0.310 e. The Morgan fingerprint density at radius 1 is 0.327 bits per heavy atom. The molecule has 1 heteroatoms. The smallest absolute Gasteiger partial charge is 0.0726 e. The Bertz CT molecular complexity index is 2800. The number of para-hydroxylation sites is 1. The summed E-state index contributed by atoms with van der Waals surface area (Å²) in [6, 6.07) is 73.9. The van der Waals surface area contributed by atoms with E-state index in [2.05, 4.69) is 205 Å². The molecule has 0 aliphatic heterocycles. The molecular formula is C51H33N. The van der Waals surface area contributed by atoms with E-state index < -0.39 is 5.41 Å². The van der Waals surface area contributed by atoms with Crippen LogP contribution in [0.15, 0.2) is 200 Å². The van der Waals surface area contributed by atoms with Crippen LogP contribution in [0.5, 0.6) is 0 Å². The second kappa shape index (κ2) is 11.2. The van der Waals surface area contributed by atoms with Crippen molar-refractivity contribution < 1.29 is 0 Å². The second-order valence-electron chi connectivity index (χ2n) is 14.0. The zero-order valence-corrected chi connectivity index (χ0v) is 28.5. The third kappa shape index (κ3) is 3.94. The fourth-order valence-electron chi connectivity index (χ4n) is 9.40. The highest BCUT2D eigenvalue weighted by molar-refractivity contribution is 6.14. The maximum Gasteiger partial charge on any atom is 0.0726 e. The molecule has 1 nitrogen and oxygen atoms in total. The Labute approximate surface area is 303 Å². The van der Waals surface area contributed by atoms with Gasteiger partial charge in [0, 0.05) is 16.9 Å². The Morgan fingerprint density at radius 3 is 1.56 bits per heavy atom. The standard InChI is InChI=1S/C51H33N/c1-2-16-36(17-3-1)52(37-31-29-34(30-32-37)44-33-35-15-4-5-18-38(35)39-19-6-7-20-40(39)44)49-28-14-27-48-50(49)43-23-10-13-26-47(43)51(48)45-24-11-8-21-41(45)42-22-9-12-25-46(42)51/h1-33H. The minimum atomic E-state index is -0.390. The van der Waals surface area contributed by atoms with E-state index in [-0.39, 0.29) is 0 Å². The predicted molar refractivity (Wildman–Crippen MR) is 218 cm³/mol. The molecule has 0 saturated heterocycles. The lowest BCUT2D eigenvalue weighted by atomic mass is 9.70. The summed E-state index contributed by atoms with van der Waals surface area (Å²) in [5.41, 5.74) is 16.1. The fraction of sp³-hybridized carbons (Fsp3) is 0.0196. The first kappa shape index (κ1) is 29.1. The van der Waals surface area contributed by atoms with Crippen LogP contribution >= 0.6 is 0 Å². The lowest BCUT2D eigenvalue weighted by Crippen LogP contribution is -2.26. The van der Waals surface area contributed by atoms with Crippen molar-refractivity contribution in [2.24, 2.45) is 0 Å². The molecule has 0 fully saturated rings. The van der Waals surface area contributed by atoms with Crippen LogP contribution in [-0.2, 0) is 5.41 Å². The van der Waals surface area contributed by atoms with Crippen molar-refractivity contribution in [3.8, 4) is 33.4 Å². The summed E-state index contributed by atoms with van der Waals surface area (Å²) in [7, 11) is 0. The number of hydrogen-bond acceptors (Lipinski definition) is 1. The van der Waals surface area contributed by atoms with Crippen molar-refractivity contribution >= 4 is 38.6 Å². The van der Waals surface area contributed by atoms with Gasteiger partial charge < -0.3 is 4.90 Å². The molecule has 0 atom stereocenters. The zero-order chi connectivity index (χ0) is 34.2. The molecule has 0 unspecified atom stereocenters. The van der Waals surface area contributed by atoms with Crippen LogP contribution < -0.4 is 4.90 Å². The van der Waals surface area contributed by atoms with Crippen LogP contribution in [0.3, 0.4) is 0 Å². The molecule has 0 bridgehead atoms. The highest BCUT2D eigenvalue weighted by Gasteiger charge is 2.52. The number of rotatable bonds is 4. The van der Waals surface area contributed by atoms with E-state index in [0.29, 0.717) is 0 Å². The summed E-state index contributed by atoms with van der Waals surface area (Å²) in [6.45, 7) is 0. The monoisotopic (exact) mass is 659 g/mol. The van der Waals surface area contributed by atoms with Crippen molar-refractivity contribution in [3.63, 3.8) is 0 Å². The van der Waals surface area contributed by atoms with Crippen molar-refractivity contribution in [3.05, 3.63) is 222 Å². The summed E-state index contributed by atoms with van der Waals surface area (Å²) in [5.74, 6) is 0. The number of benzene rings is 9. The molecule has 2 aliphatic carbocycles. The van der Waals surface area contributed by atoms with Crippen LogP contribution in [0.25, 0.3) is 54.9 Å². The maximum absolute atomic E-state index is 2.45. The SMILES string of the molecule is c1ccc(N(c2ccc(-c3cc4ccccc4c4ccccc34)cc2)c2cccc3c2-c2ccccc2C32c3ccccc3-c3ccccc32)cc1. The van der Waals surface area contributed by atoms with E-state index in [0.717, 1.165) is 11.4 Å². The molecule has 9 aromatic carbocycles. The highest BCUT2D eigenvalue weighted by Crippen LogP contribution is 2.64. The summed E-state index contributed by atoms with van der Waals surface area (Å²) in [6.07, 6.45) is 0. The van der Waals surface area contributed by atoms with E-state index in [1.54, 1.807) is 0 Å². The average molecular weight is 660 g/mol. The Morgan fingerprint density at radius 2 is 0.846 bits per heavy atom. The molecule has 11 rings (SSSR count). The zero-order valence-electron chi connectivity index (χ0n) is 28.5. The number of nitrogens with zero attached hydrogens (tertiary/aromatic N) is 1. The van der Waals surface area contributed by atoms with Crippen molar-refractivity contribution in [1.82, 2.24) is 0 Å². The Kier molecular flexibility index (Phi) is 6.23. The van der Waals surface area contributed by atoms with Gasteiger partial charge in [0.1, 0.15) is 0 Å². The van der Waals surface area contributed by atoms with Gasteiger partial charge >= 0.3 is 0 Å². The van der Waals surface area contributed by atoms with E-state index in [9.17, 15) is 0 Å². The lowest BCUT2D eigenvalue weighted by molar-refractivity contribution is 0.794. The van der Waals surface area contributed by atoms with E-state index in [4.69, 9.17) is 0 Å². The van der Waals surface area contributed by atoms with Crippen LogP contribution in [0, 0.1) is 0 Å². The third-order valence-corrected chi connectivity index (χ3v) is 11.5. The first-order valence-corrected chi connectivity index (χ1v) is 18.1. The topological polar surface area (TPSA) is 3.24 Å².